The Hall–Kier alpha value is -2.49. The number of hydrogen-bond acceptors (Lipinski definition) is 5. The van der Waals surface area contributed by atoms with Crippen molar-refractivity contribution in [3.8, 4) is 0 Å². The van der Waals surface area contributed by atoms with Crippen LogP contribution < -0.4 is 5.32 Å². The highest BCUT2D eigenvalue weighted by molar-refractivity contribution is 7.89. The number of halogens is 2. The van der Waals surface area contributed by atoms with Gasteiger partial charge in [0, 0.05) is 11.6 Å². The van der Waals surface area contributed by atoms with Crippen molar-refractivity contribution in [3.63, 3.8) is 0 Å². The molecule has 1 unspecified atom stereocenters. The van der Waals surface area contributed by atoms with Crippen LogP contribution in [0.5, 0.6) is 0 Å². The van der Waals surface area contributed by atoms with Gasteiger partial charge in [0.15, 0.2) is 6.61 Å². The molecular formula is C21H22ClFN2O5S. The fourth-order valence-electron chi connectivity index (χ4n) is 3.28. The number of rotatable bonds is 6. The molecule has 3 rings (SSSR count). The molecule has 1 saturated heterocycles. The van der Waals surface area contributed by atoms with Crippen molar-refractivity contribution in [1.29, 1.82) is 0 Å². The maximum absolute atomic E-state index is 13.8. The van der Waals surface area contributed by atoms with Gasteiger partial charge in [-0.15, -0.1) is 0 Å². The van der Waals surface area contributed by atoms with E-state index >= 15 is 0 Å². The van der Waals surface area contributed by atoms with E-state index in [1.807, 2.05) is 6.92 Å². The highest BCUT2D eigenvalue weighted by atomic mass is 35.5. The molecule has 0 aliphatic carbocycles. The summed E-state index contributed by atoms with van der Waals surface area (Å²) in [6, 6.07) is 9.07. The molecule has 166 valence electrons. The Balaban J connectivity index is 1.66. The van der Waals surface area contributed by atoms with E-state index in [9.17, 15) is 22.4 Å². The van der Waals surface area contributed by atoms with E-state index in [0.717, 1.165) is 15.9 Å². The molecule has 1 fully saturated rings. The zero-order valence-corrected chi connectivity index (χ0v) is 18.4. The molecule has 0 spiro atoms. The monoisotopic (exact) mass is 468 g/mol. The third-order valence-corrected chi connectivity index (χ3v) is 7.06. The van der Waals surface area contributed by atoms with Gasteiger partial charge in [-0.3, -0.25) is 9.59 Å². The largest absolute Gasteiger partial charge is 0.454 e. The third kappa shape index (κ3) is 5.61. The quantitative estimate of drug-likeness (QED) is 0.655. The second-order valence-electron chi connectivity index (χ2n) is 7.22. The van der Waals surface area contributed by atoms with Crippen LogP contribution in [0.1, 0.15) is 24.8 Å². The van der Waals surface area contributed by atoms with E-state index in [1.165, 1.54) is 24.3 Å². The molecule has 1 heterocycles. The van der Waals surface area contributed by atoms with Gasteiger partial charge >= 0.3 is 5.97 Å². The van der Waals surface area contributed by atoms with Crippen molar-refractivity contribution in [2.24, 2.45) is 0 Å². The molecule has 1 atom stereocenters. The van der Waals surface area contributed by atoms with E-state index < -0.39 is 40.4 Å². The number of anilines is 1. The standard InChI is InChI=1S/C21H22ClFN2O5S/c1-14-5-8-16(9-6-14)31(28,29)25-11-3-2-4-19(25)21(27)30-13-20(26)24-18-10-7-15(22)12-17(18)23/h5-10,12,19H,2-4,11,13H2,1H3,(H,24,26). The van der Waals surface area contributed by atoms with Crippen LogP contribution in [0.2, 0.25) is 5.02 Å². The predicted molar refractivity (Wildman–Crippen MR) is 114 cm³/mol. The Bertz CT molecular complexity index is 1080. The van der Waals surface area contributed by atoms with Crippen molar-refractivity contribution < 1.29 is 27.1 Å². The first-order valence-electron chi connectivity index (χ1n) is 9.68. The zero-order valence-electron chi connectivity index (χ0n) is 16.8. The van der Waals surface area contributed by atoms with E-state index in [1.54, 1.807) is 12.1 Å². The number of esters is 1. The molecular weight excluding hydrogens is 447 g/mol. The fraction of sp³-hybridized carbons (Fsp3) is 0.333. The van der Waals surface area contributed by atoms with Crippen molar-refractivity contribution in [2.75, 3.05) is 18.5 Å². The third-order valence-electron chi connectivity index (χ3n) is 4.90. The van der Waals surface area contributed by atoms with Crippen LogP contribution in [0.25, 0.3) is 0 Å². The Kier molecular flexibility index (Phi) is 7.30. The lowest BCUT2D eigenvalue weighted by atomic mass is 10.1. The van der Waals surface area contributed by atoms with Gasteiger partial charge in [-0.2, -0.15) is 4.31 Å². The smallest absolute Gasteiger partial charge is 0.324 e. The predicted octanol–water partition coefficient (Wildman–Crippen LogP) is 3.51. The van der Waals surface area contributed by atoms with Crippen molar-refractivity contribution in [3.05, 3.63) is 58.9 Å². The van der Waals surface area contributed by atoms with Gasteiger partial charge in [0.1, 0.15) is 11.9 Å². The molecule has 1 aliphatic rings. The van der Waals surface area contributed by atoms with Crippen LogP contribution in [-0.2, 0) is 24.3 Å². The zero-order chi connectivity index (χ0) is 22.6. The van der Waals surface area contributed by atoms with Gasteiger partial charge in [0.25, 0.3) is 5.91 Å². The number of sulfonamides is 1. The summed E-state index contributed by atoms with van der Waals surface area (Å²) in [5.74, 6) is -2.30. The van der Waals surface area contributed by atoms with Gasteiger partial charge in [-0.1, -0.05) is 29.3 Å². The normalized spacial score (nSPS) is 17.2. The van der Waals surface area contributed by atoms with Gasteiger partial charge in [0.2, 0.25) is 10.0 Å². The van der Waals surface area contributed by atoms with Gasteiger partial charge < -0.3 is 10.1 Å². The van der Waals surface area contributed by atoms with E-state index in [0.29, 0.717) is 12.8 Å². The average Bonchev–Trinajstić information content (AvgIpc) is 2.74. The highest BCUT2D eigenvalue weighted by Crippen LogP contribution is 2.26. The van der Waals surface area contributed by atoms with Gasteiger partial charge in [0.05, 0.1) is 10.6 Å². The topological polar surface area (TPSA) is 92.8 Å². The molecule has 1 amide bonds. The first-order valence-corrected chi connectivity index (χ1v) is 11.5. The minimum atomic E-state index is -3.90. The number of benzene rings is 2. The van der Waals surface area contributed by atoms with Crippen LogP contribution in [-0.4, -0.2) is 43.8 Å². The van der Waals surface area contributed by atoms with E-state index in [-0.39, 0.29) is 28.6 Å². The lowest BCUT2D eigenvalue weighted by molar-refractivity contribution is -0.152. The molecule has 1 N–H and O–H groups in total. The molecule has 0 bridgehead atoms. The molecule has 10 heteroatoms. The summed E-state index contributed by atoms with van der Waals surface area (Å²) >= 11 is 5.67. The summed E-state index contributed by atoms with van der Waals surface area (Å²) in [6.07, 6.45) is 1.56. The lowest BCUT2D eigenvalue weighted by Gasteiger charge is -2.33. The molecule has 31 heavy (non-hydrogen) atoms. The van der Waals surface area contributed by atoms with Crippen LogP contribution >= 0.6 is 11.6 Å². The summed E-state index contributed by atoms with van der Waals surface area (Å²) in [6.45, 7) is 1.35. The van der Waals surface area contributed by atoms with Crippen LogP contribution in [0, 0.1) is 12.7 Å². The molecule has 2 aromatic rings. The Morgan fingerprint density at radius 2 is 1.90 bits per heavy atom. The summed E-state index contributed by atoms with van der Waals surface area (Å²) in [5.41, 5.74) is 0.809. The fourth-order valence-corrected chi connectivity index (χ4v) is 5.09. The van der Waals surface area contributed by atoms with Crippen molar-refractivity contribution in [2.45, 2.75) is 37.1 Å². The molecule has 7 nitrogen and oxygen atoms in total. The number of piperidine rings is 1. The number of ether oxygens (including phenoxy) is 1. The first kappa shape index (κ1) is 23.2. The number of carbonyl (C=O) groups is 2. The second kappa shape index (κ2) is 9.76. The maximum atomic E-state index is 13.8. The van der Waals surface area contributed by atoms with E-state index in [4.69, 9.17) is 16.3 Å². The minimum Gasteiger partial charge on any atom is -0.454 e. The minimum absolute atomic E-state index is 0.0914. The molecule has 0 aromatic heterocycles. The van der Waals surface area contributed by atoms with Gasteiger partial charge in [-0.25, -0.2) is 12.8 Å². The lowest BCUT2D eigenvalue weighted by Crippen LogP contribution is -2.48. The summed E-state index contributed by atoms with van der Waals surface area (Å²) < 4.78 is 46.1. The number of amides is 1. The second-order valence-corrected chi connectivity index (χ2v) is 9.55. The molecule has 1 aliphatic heterocycles. The number of aryl methyl sites for hydroxylation is 1. The van der Waals surface area contributed by atoms with Crippen molar-refractivity contribution in [1.82, 2.24) is 4.31 Å². The Labute approximate surface area is 185 Å². The summed E-state index contributed by atoms with van der Waals surface area (Å²) in [4.78, 5) is 24.7. The average molecular weight is 469 g/mol. The Morgan fingerprint density at radius 1 is 1.19 bits per heavy atom. The summed E-state index contributed by atoms with van der Waals surface area (Å²) in [5, 5.41) is 2.46. The maximum Gasteiger partial charge on any atom is 0.324 e. The van der Waals surface area contributed by atoms with Crippen LogP contribution in [0.3, 0.4) is 0 Å². The molecule has 2 aromatic carbocycles. The molecule has 0 radical (unpaired) electrons. The first-order chi connectivity index (χ1) is 14.7. The Morgan fingerprint density at radius 3 is 2.58 bits per heavy atom. The van der Waals surface area contributed by atoms with Crippen LogP contribution in [0.15, 0.2) is 47.4 Å². The van der Waals surface area contributed by atoms with Gasteiger partial charge in [-0.05, 0) is 56.5 Å². The number of nitrogens with zero attached hydrogens (tertiary/aromatic N) is 1. The highest BCUT2D eigenvalue weighted by Gasteiger charge is 2.38. The van der Waals surface area contributed by atoms with Crippen LogP contribution in [0.4, 0.5) is 10.1 Å². The number of hydrogen-bond donors (Lipinski definition) is 1. The molecule has 0 saturated carbocycles. The van der Waals surface area contributed by atoms with E-state index in [2.05, 4.69) is 5.32 Å². The van der Waals surface area contributed by atoms with Crippen molar-refractivity contribution >= 4 is 39.2 Å². The SMILES string of the molecule is Cc1ccc(S(=O)(=O)N2CCCCC2C(=O)OCC(=O)Nc2ccc(Cl)cc2F)cc1. The summed E-state index contributed by atoms with van der Waals surface area (Å²) in [7, 11) is -3.90. The number of nitrogens with one attached hydrogen (secondary N) is 1. The number of carbonyl (C=O) groups excluding carboxylic acids is 2.